The van der Waals surface area contributed by atoms with Crippen molar-refractivity contribution in [1.29, 1.82) is 0 Å². The number of nitro benzene ring substituents is 1. The first-order valence-electron chi connectivity index (χ1n) is 8.11. The highest BCUT2D eigenvalue weighted by molar-refractivity contribution is 7.14. The van der Waals surface area contributed by atoms with Gasteiger partial charge in [0.2, 0.25) is 11.5 Å². The van der Waals surface area contributed by atoms with Crippen LogP contribution in [0.15, 0.2) is 52.9 Å². The van der Waals surface area contributed by atoms with Crippen molar-refractivity contribution in [3.05, 3.63) is 74.2 Å². The molecule has 2 aromatic heterocycles. The van der Waals surface area contributed by atoms with Gasteiger partial charge in [0.05, 0.1) is 9.80 Å². The number of rotatable bonds is 7. The SMILES string of the molecule is CCc1ccc(C(=O)COC(=O)c2ccc(-c3ccc([N+](=O)[O-])cc3)o2)s1. The van der Waals surface area contributed by atoms with Crippen LogP contribution in [0.25, 0.3) is 11.3 Å². The third-order valence-corrected chi connectivity index (χ3v) is 5.06. The van der Waals surface area contributed by atoms with Gasteiger partial charge < -0.3 is 9.15 Å². The van der Waals surface area contributed by atoms with Crippen LogP contribution in [0.1, 0.15) is 32.0 Å². The molecule has 0 aliphatic rings. The smallest absolute Gasteiger partial charge is 0.374 e. The minimum Gasteiger partial charge on any atom is -0.451 e. The molecule has 0 amide bonds. The second kappa shape index (κ2) is 7.96. The third-order valence-electron chi connectivity index (χ3n) is 3.79. The summed E-state index contributed by atoms with van der Waals surface area (Å²) in [6, 6.07) is 12.3. The number of nitro groups is 1. The Morgan fingerprint density at radius 2 is 1.85 bits per heavy atom. The highest BCUT2D eigenvalue weighted by Gasteiger charge is 2.17. The molecule has 3 aromatic rings. The molecule has 0 saturated carbocycles. The highest BCUT2D eigenvalue weighted by Crippen LogP contribution is 2.25. The molecule has 138 valence electrons. The van der Waals surface area contributed by atoms with Crippen molar-refractivity contribution >= 4 is 28.8 Å². The quantitative estimate of drug-likeness (QED) is 0.257. The van der Waals surface area contributed by atoms with Gasteiger partial charge in [-0.2, -0.15) is 0 Å². The largest absolute Gasteiger partial charge is 0.451 e. The van der Waals surface area contributed by atoms with E-state index in [0.717, 1.165) is 11.3 Å². The van der Waals surface area contributed by atoms with Crippen molar-refractivity contribution < 1.29 is 23.7 Å². The van der Waals surface area contributed by atoms with Crippen LogP contribution in [0.5, 0.6) is 0 Å². The summed E-state index contributed by atoms with van der Waals surface area (Å²) in [5, 5.41) is 10.7. The molecule has 27 heavy (non-hydrogen) atoms. The molecule has 1 aromatic carbocycles. The lowest BCUT2D eigenvalue weighted by atomic mass is 10.1. The second-order valence-corrected chi connectivity index (χ2v) is 6.76. The first-order valence-corrected chi connectivity index (χ1v) is 8.93. The van der Waals surface area contributed by atoms with E-state index in [-0.39, 0.29) is 23.8 Å². The van der Waals surface area contributed by atoms with Crippen molar-refractivity contribution in [2.24, 2.45) is 0 Å². The number of carbonyl (C=O) groups excluding carboxylic acids is 2. The van der Waals surface area contributed by atoms with Crippen molar-refractivity contribution in [1.82, 2.24) is 0 Å². The number of aryl methyl sites for hydroxylation is 1. The maximum absolute atomic E-state index is 12.1. The van der Waals surface area contributed by atoms with E-state index in [1.165, 1.54) is 41.7 Å². The fraction of sp³-hybridized carbons (Fsp3) is 0.158. The molecule has 0 atom stereocenters. The zero-order chi connectivity index (χ0) is 19.4. The van der Waals surface area contributed by atoms with E-state index >= 15 is 0 Å². The molecule has 0 saturated heterocycles. The normalized spacial score (nSPS) is 10.6. The van der Waals surface area contributed by atoms with Gasteiger partial charge in [-0.3, -0.25) is 14.9 Å². The topological polar surface area (TPSA) is 99.7 Å². The Bertz CT molecular complexity index is 986. The number of non-ortho nitro benzene ring substituents is 1. The molecule has 0 radical (unpaired) electrons. The summed E-state index contributed by atoms with van der Waals surface area (Å²) in [5.41, 5.74) is 0.546. The number of esters is 1. The van der Waals surface area contributed by atoms with Crippen LogP contribution in [-0.4, -0.2) is 23.3 Å². The molecule has 2 heterocycles. The average molecular weight is 385 g/mol. The van der Waals surface area contributed by atoms with Crippen LogP contribution in [0, 0.1) is 10.1 Å². The number of nitrogens with zero attached hydrogens (tertiary/aromatic N) is 1. The van der Waals surface area contributed by atoms with Crippen molar-refractivity contribution in [2.75, 3.05) is 6.61 Å². The molecule has 0 aliphatic carbocycles. The number of Topliss-reactive ketones (excluding diaryl/α,β-unsaturated/α-hetero) is 1. The Morgan fingerprint density at radius 1 is 1.11 bits per heavy atom. The lowest BCUT2D eigenvalue weighted by Crippen LogP contribution is -2.12. The molecule has 0 aliphatic heterocycles. The highest BCUT2D eigenvalue weighted by atomic mass is 32.1. The minimum atomic E-state index is -0.746. The van der Waals surface area contributed by atoms with Crippen molar-refractivity contribution in [2.45, 2.75) is 13.3 Å². The fourth-order valence-electron chi connectivity index (χ4n) is 2.34. The van der Waals surface area contributed by atoms with E-state index < -0.39 is 10.9 Å². The Labute approximate surface area is 158 Å². The molecule has 7 nitrogen and oxygen atoms in total. The van der Waals surface area contributed by atoms with Crippen LogP contribution in [0.4, 0.5) is 5.69 Å². The predicted octanol–water partition coefficient (Wildman–Crippen LogP) is 4.52. The summed E-state index contributed by atoms with van der Waals surface area (Å²) >= 11 is 1.38. The van der Waals surface area contributed by atoms with Gasteiger partial charge in [-0.05, 0) is 42.8 Å². The van der Waals surface area contributed by atoms with Crippen molar-refractivity contribution in [3.63, 3.8) is 0 Å². The molecular weight excluding hydrogens is 370 g/mol. The number of carbonyl (C=O) groups is 2. The van der Waals surface area contributed by atoms with Crippen LogP contribution < -0.4 is 0 Å². The summed E-state index contributed by atoms with van der Waals surface area (Å²) in [7, 11) is 0. The molecule has 8 heteroatoms. The Hall–Kier alpha value is -3.26. The van der Waals surface area contributed by atoms with Crippen LogP contribution in [0.2, 0.25) is 0 Å². The number of benzene rings is 1. The second-order valence-electron chi connectivity index (χ2n) is 5.59. The maximum atomic E-state index is 12.1. The van der Waals surface area contributed by atoms with E-state index in [1.807, 2.05) is 13.0 Å². The number of hydrogen-bond acceptors (Lipinski definition) is 7. The monoisotopic (exact) mass is 385 g/mol. The zero-order valence-corrected chi connectivity index (χ0v) is 15.2. The summed E-state index contributed by atoms with van der Waals surface area (Å²) < 4.78 is 10.5. The third kappa shape index (κ3) is 4.29. The average Bonchev–Trinajstić information content (AvgIpc) is 3.35. The van der Waals surface area contributed by atoms with Gasteiger partial charge in [-0.15, -0.1) is 11.3 Å². The Morgan fingerprint density at radius 3 is 2.48 bits per heavy atom. The first-order chi connectivity index (χ1) is 13.0. The van der Waals surface area contributed by atoms with Crippen LogP contribution in [0.3, 0.4) is 0 Å². The number of ether oxygens (including phenoxy) is 1. The van der Waals surface area contributed by atoms with E-state index in [2.05, 4.69) is 0 Å². The molecule has 3 rings (SSSR count). The fourth-order valence-corrected chi connectivity index (χ4v) is 3.21. The van der Waals surface area contributed by atoms with Gasteiger partial charge in [0.25, 0.3) is 5.69 Å². The molecule has 0 unspecified atom stereocenters. The summed E-state index contributed by atoms with van der Waals surface area (Å²) in [5.74, 6) is -0.690. The summed E-state index contributed by atoms with van der Waals surface area (Å²) in [4.78, 5) is 36.0. The number of furan rings is 1. The van der Waals surface area contributed by atoms with E-state index in [1.54, 1.807) is 12.1 Å². The van der Waals surface area contributed by atoms with Gasteiger partial charge in [-0.25, -0.2) is 4.79 Å². The van der Waals surface area contributed by atoms with Gasteiger partial charge in [-0.1, -0.05) is 6.92 Å². The van der Waals surface area contributed by atoms with Gasteiger partial charge in [0, 0.05) is 22.6 Å². The first kappa shape index (κ1) is 18.5. The van der Waals surface area contributed by atoms with Gasteiger partial charge in [0.1, 0.15) is 5.76 Å². The van der Waals surface area contributed by atoms with E-state index in [9.17, 15) is 19.7 Å². The lowest BCUT2D eigenvalue weighted by molar-refractivity contribution is -0.384. The molecule has 0 bridgehead atoms. The van der Waals surface area contributed by atoms with Gasteiger partial charge >= 0.3 is 5.97 Å². The summed E-state index contributed by atoms with van der Waals surface area (Å²) in [6.45, 7) is 1.63. The van der Waals surface area contributed by atoms with Gasteiger partial charge in [0.15, 0.2) is 6.61 Å². The maximum Gasteiger partial charge on any atom is 0.374 e. The van der Waals surface area contributed by atoms with E-state index in [4.69, 9.17) is 9.15 Å². The number of thiophene rings is 1. The van der Waals surface area contributed by atoms with E-state index in [0.29, 0.717) is 16.2 Å². The minimum absolute atomic E-state index is 0.0386. The zero-order valence-electron chi connectivity index (χ0n) is 14.3. The lowest BCUT2D eigenvalue weighted by Gasteiger charge is -2.01. The molecule has 0 fully saturated rings. The predicted molar refractivity (Wildman–Crippen MR) is 99.1 cm³/mol. The Balaban J connectivity index is 1.62. The molecule has 0 N–H and O–H groups in total. The number of ketones is 1. The Kier molecular flexibility index (Phi) is 5.46. The molecule has 0 spiro atoms. The molecular formula is C19H15NO6S. The summed E-state index contributed by atoms with van der Waals surface area (Å²) in [6.07, 6.45) is 0.843. The van der Waals surface area contributed by atoms with Crippen LogP contribution >= 0.6 is 11.3 Å². The standard InChI is InChI=1S/C19H15NO6S/c1-2-14-7-10-18(27-14)15(21)11-25-19(22)17-9-8-16(26-17)12-3-5-13(6-4-12)20(23)24/h3-10H,2,11H2,1H3. The van der Waals surface area contributed by atoms with Crippen LogP contribution in [-0.2, 0) is 11.2 Å². The number of hydrogen-bond donors (Lipinski definition) is 0. The van der Waals surface area contributed by atoms with Crippen molar-refractivity contribution in [3.8, 4) is 11.3 Å².